The summed E-state index contributed by atoms with van der Waals surface area (Å²) in [7, 11) is 1.33. The van der Waals surface area contributed by atoms with Crippen LogP contribution in [0, 0.1) is 5.92 Å². The van der Waals surface area contributed by atoms with E-state index in [2.05, 4.69) is 14.9 Å². The van der Waals surface area contributed by atoms with Crippen LogP contribution >= 0.6 is 0 Å². The van der Waals surface area contributed by atoms with Gasteiger partial charge in [-0.05, 0) is 65.5 Å². The molecule has 8 heteroatoms. The number of methoxy groups -OCH3 is 1. The number of aromatic nitrogens is 2. The van der Waals surface area contributed by atoms with Crippen LogP contribution in [0.2, 0.25) is 0 Å². The van der Waals surface area contributed by atoms with Crippen LogP contribution in [-0.2, 0) is 9.47 Å². The molecule has 0 atom stereocenters. The summed E-state index contributed by atoms with van der Waals surface area (Å²) in [6.07, 6.45) is 5.66. The molecule has 0 spiro atoms. The van der Waals surface area contributed by atoms with Crippen molar-refractivity contribution < 1.29 is 23.7 Å². The molecule has 1 fully saturated rings. The van der Waals surface area contributed by atoms with Crippen molar-refractivity contribution in [1.29, 1.82) is 0 Å². The van der Waals surface area contributed by atoms with Crippen molar-refractivity contribution in [2.24, 2.45) is 5.92 Å². The number of carbonyl (C=O) groups excluding carboxylic acids is 1. The SMILES string of the molecule is COC(=O)c1cc(Oc2cnc(N(COC(C)(C)C)CC3CC3)cn2)cc(OC(C)C)c1. The smallest absolute Gasteiger partial charge is 0.338 e. The maximum atomic E-state index is 12.0. The van der Waals surface area contributed by atoms with Gasteiger partial charge in [0.2, 0.25) is 5.88 Å². The van der Waals surface area contributed by atoms with Crippen LogP contribution in [0.4, 0.5) is 5.82 Å². The fourth-order valence-electron chi connectivity index (χ4n) is 2.95. The maximum Gasteiger partial charge on any atom is 0.338 e. The number of anilines is 1. The van der Waals surface area contributed by atoms with E-state index in [1.54, 1.807) is 30.6 Å². The Balaban J connectivity index is 1.75. The second-order valence-corrected chi connectivity index (χ2v) is 9.22. The molecule has 0 bridgehead atoms. The van der Waals surface area contributed by atoms with Gasteiger partial charge in [-0.2, -0.15) is 0 Å². The number of benzene rings is 1. The van der Waals surface area contributed by atoms with Crippen molar-refractivity contribution in [3.05, 3.63) is 36.2 Å². The summed E-state index contributed by atoms with van der Waals surface area (Å²) < 4.78 is 22.4. The van der Waals surface area contributed by atoms with Crippen LogP contribution in [0.3, 0.4) is 0 Å². The molecule has 2 aromatic rings. The van der Waals surface area contributed by atoms with E-state index in [0.717, 1.165) is 12.4 Å². The normalized spacial score (nSPS) is 13.7. The summed E-state index contributed by atoms with van der Waals surface area (Å²) >= 11 is 0. The number of esters is 1. The van der Waals surface area contributed by atoms with Gasteiger partial charge in [-0.1, -0.05) is 0 Å². The van der Waals surface area contributed by atoms with Crippen molar-refractivity contribution in [1.82, 2.24) is 9.97 Å². The third kappa shape index (κ3) is 7.37. The molecule has 32 heavy (non-hydrogen) atoms. The van der Waals surface area contributed by atoms with Crippen molar-refractivity contribution >= 4 is 11.8 Å². The second-order valence-electron chi connectivity index (χ2n) is 9.22. The minimum Gasteiger partial charge on any atom is -0.491 e. The fourth-order valence-corrected chi connectivity index (χ4v) is 2.95. The Bertz CT molecular complexity index is 905. The number of hydrogen-bond acceptors (Lipinski definition) is 8. The summed E-state index contributed by atoms with van der Waals surface area (Å²) in [6, 6.07) is 4.92. The Kier molecular flexibility index (Phi) is 7.56. The van der Waals surface area contributed by atoms with Gasteiger partial charge in [0.25, 0.3) is 0 Å². The first-order valence-electron chi connectivity index (χ1n) is 10.9. The summed E-state index contributed by atoms with van der Waals surface area (Å²) in [5.41, 5.74) is 0.0961. The molecule has 0 unspecified atom stereocenters. The molecule has 1 aliphatic carbocycles. The Morgan fingerprint density at radius 1 is 1.12 bits per heavy atom. The molecule has 174 valence electrons. The van der Waals surface area contributed by atoms with Crippen LogP contribution in [-0.4, -0.2) is 48.0 Å². The first-order chi connectivity index (χ1) is 15.1. The van der Waals surface area contributed by atoms with E-state index >= 15 is 0 Å². The lowest BCUT2D eigenvalue weighted by Gasteiger charge is -2.28. The van der Waals surface area contributed by atoms with Crippen LogP contribution in [0.25, 0.3) is 0 Å². The summed E-state index contributed by atoms with van der Waals surface area (Å²) in [5.74, 6) is 2.18. The fraction of sp³-hybridized carbons (Fsp3) is 0.542. The van der Waals surface area contributed by atoms with Gasteiger partial charge in [0, 0.05) is 12.6 Å². The predicted molar refractivity (Wildman–Crippen MR) is 121 cm³/mol. The van der Waals surface area contributed by atoms with Gasteiger partial charge in [0.15, 0.2) is 0 Å². The van der Waals surface area contributed by atoms with Gasteiger partial charge in [-0.15, -0.1) is 0 Å². The molecule has 0 N–H and O–H groups in total. The van der Waals surface area contributed by atoms with E-state index in [1.165, 1.54) is 20.0 Å². The van der Waals surface area contributed by atoms with Gasteiger partial charge in [0.05, 0.1) is 36.8 Å². The Morgan fingerprint density at radius 3 is 2.41 bits per heavy atom. The molecule has 1 aromatic heterocycles. The first-order valence-corrected chi connectivity index (χ1v) is 10.9. The molecule has 0 saturated heterocycles. The van der Waals surface area contributed by atoms with Crippen molar-refractivity contribution in [3.8, 4) is 17.4 Å². The van der Waals surface area contributed by atoms with Gasteiger partial charge in [-0.25, -0.2) is 14.8 Å². The van der Waals surface area contributed by atoms with E-state index in [1.807, 2.05) is 34.6 Å². The Morgan fingerprint density at radius 2 is 1.84 bits per heavy atom. The molecule has 0 amide bonds. The van der Waals surface area contributed by atoms with E-state index < -0.39 is 5.97 Å². The standard InChI is InChI=1S/C24H33N3O5/c1-16(2)31-19-9-18(23(28)29-6)10-20(11-19)32-22-13-25-21(12-26-22)27(14-17-7-8-17)15-30-24(3,4)5/h9-13,16-17H,7-8,14-15H2,1-6H3. The highest BCUT2D eigenvalue weighted by Gasteiger charge is 2.26. The van der Waals surface area contributed by atoms with Crippen molar-refractivity contribution in [2.75, 3.05) is 25.3 Å². The summed E-state index contributed by atoms with van der Waals surface area (Å²) in [4.78, 5) is 23.1. The number of nitrogens with zero attached hydrogens (tertiary/aromatic N) is 3. The van der Waals surface area contributed by atoms with E-state index in [0.29, 0.717) is 35.6 Å². The largest absolute Gasteiger partial charge is 0.491 e. The number of ether oxygens (including phenoxy) is 4. The minimum absolute atomic E-state index is 0.0532. The number of rotatable bonds is 10. The molecule has 0 radical (unpaired) electrons. The zero-order chi connectivity index (χ0) is 23.3. The molecule has 1 heterocycles. The van der Waals surface area contributed by atoms with Crippen LogP contribution in [0.5, 0.6) is 17.4 Å². The van der Waals surface area contributed by atoms with Gasteiger partial charge in [0.1, 0.15) is 24.0 Å². The molecule has 8 nitrogen and oxygen atoms in total. The molecule has 1 aromatic carbocycles. The molecule has 0 aliphatic heterocycles. The lowest BCUT2D eigenvalue weighted by molar-refractivity contribution is -0.00284. The van der Waals surface area contributed by atoms with E-state index in [9.17, 15) is 4.79 Å². The van der Waals surface area contributed by atoms with Gasteiger partial charge in [-0.3, -0.25) is 0 Å². The summed E-state index contributed by atoms with van der Waals surface area (Å²) in [6.45, 7) is 11.3. The van der Waals surface area contributed by atoms with Crippen LogP contribution < -0.4 is 14.4 Å². The lowest BCUT2D eigenvalue weighted by atomic mass is 10.2. The zero-order valence-corrected chi connectivity index (χ0v) is 19.8. The monoisotopic (exact) mass is 443 g/mol. The maximum absolute atomic E-state index is 12.0. The van der Waals surface area contributed by atoms with Crippen molar-refractivity contribution in [2.45, 2.75) is 59.2 Å². The second kappa shape index (κ2) is 10.2. The average molecular weight is 444 g/mol. The van der Waals surface area contributed by atoms with Gasteiger partial charge >= 0.3 is 5.97 Å². The highest BCUT2D eigenvalue weighted by Crippen LogP contribution is 2.32. The highest BCUT2D eigenvalue weighted by atomic mass is 16.5. The van der Waals surface area contributed by atoms with E-state index in [4.69, 9.17) is 18.9 Å². The van der Waals surface area contributed by atoms with Crippen LogP contribution in [0.15, 0.2) is 30.6 Å². The molecule has 3 rings (SSSR count). The topological polar surface area (TPSA) is 83.0 Å². The van der Waals surface area contributed by atoms with Crippen LogP contribution in [0.1, 0.15) is 57.8 Å². The van der Waals surface area contributed by atoms with Crippen molar-refractivity contribution in [3.63, 3.8) is 0 Å². The first kappa shape index (κ1) is 23.8. The zero-order valence-electron chi connectivity index (χ0n) is 19.8. The Labute approximate surface area is 189 Å². The third-order valence-corrected chi connectivity index (χ3v) is 4.66. The highest BCUT2D eigenvalue weighted by molar-refractivity contribution is 5.90. The average Bonchev–Trinajstić information content (AvgIpc) is 3.54. The third-order valence-electron chi connectivity index (χ3n) is 4.66. The quantitative estimate of drug-likeness (QED) is 0.381. The van der Waals surface area contributed by atoms with E-state index in [-0.39, 0.29) is 11.7 Å². The predicted octanol–water partition coefficient (Wildman–Crippen LogP) is 4.83. The molecule has 1 aliphatic rings. The molecular formula is C24H33N3O5. The number of carbonyl (C=O) groups is 1. The molecular weight excluding hydrogens is 410 g/mol. The lowest BCUT2D eigenvalue weighted by Crippen LogP contribution is -2.34. The Hall–Kier alpha value is -2.87. The number of hydrogen-bond donors (Lipinski definition) is 0. The molecule has 1 saturated carbocycles. The summed E-state index contributed by atoms with van der Waals surface area (Å²) in [5, 5.41) is 0. The minimum atomic E-state index is -0.472. The van der Waals surface area contributed by atoms with Gasteiger partial charge < -0.3 is 23.8 Å².